The summed E-state index contributed by atoms with van der Waals surface area (Å²) < 4.78 is 14.6. The molecule has 0 aliphatic carbocycles. The molecular weight excluding hydrogens is 694 g/mol. The highest BCUT2D eigenvalue weighted by atomic mass is 127. The average Bonchev–Trinajstić information content (AvgIpc) is 2.91. The Hall–Kier alpha value is 0.280. The zero-order chi connectivity index (χ0) is 27.5. The van der Waals surface area contributed by atoms with Crippen LogP contribution in [-0.4, -0.2) is 13.2 Å². The van der Waals surface area contributed by atoms with Gasteiger partial charge in [-0.2, -0.15) is 0 Å². The Morgan fingerprint density at radius 3 is 0.895 bits per heavy atom. The van der Waals surface area contributed by atoms with E-state index in [1.165, 1.54) is 141 Å². The van der Waals surface area contributed by atoms with Gasteiger partial charge in [0, 0.05) is 0 Å². The molecule has 0 bridgehead atoms. The van der Waals surface area contributed by atoms with Gasteiger partial charge in [-0.05, 0) is 70.2 Å². The fourth-order valence-corrected chi connectivity index (χ4v) is 6.17. The van der Waals surface area contributed by atoms with Crippen LogP contribution in [-0.2, 0) is 0 Å². The van der Waals surface area contributed by atoms with Gasteiger partial charge in [-0.3, -0.25) is 0 Å². The molecule has 0 atom stereocenters. The minimum atomic E-state index is 0.822. The highest BCUT2D eigenvalue weighted by Gasteiger charge is 2.09. The normalized spacial score (nSPS) is 11.3. The van der Waals surface area contributed by atoms with Crippen molar-refractivity contribution < 1.29 is 9.47 Å². The number of hydrogen-bond acceptors (Lipinski definition) is 2. The van der Waals surface area contributed by atoms with Gasteiger partial charge < -0.3 is 9.47 Å². The smallest absolute Gasteiger partial charge is 0.133 e. The number of unbranched alkanes of at least 4 members (excludes halogenated alkanes) is 22. The summed E-state index contributed by atoms with van der Waals surface area (Å²) in [6, 6.07) is 4.31. The van der Waals surface area contributed by atoms with Crippen molar-refractivity contribution >= 4 is 45.2 Å². The monoisotopic (exact) mass is 754 g/mol. The Kier molecular flexibility index (Phi) is 26.2. The van der Waals surface area contributed by atoms with Gasteiger partial charge in [-0.25, -0.2) is 0 Å². The van der Waals surface area contributed by atoms with Gasteiger partial charge in [0.15, 0.2) is 0 Å². The van der Waals surface area contributed by atoms with Gasteiger partial charge in [0.25, 0.3) is 0 Å². The van der Waals surface area contributed by atoms with E-state index < -0.39 is 0 Å². The van der Waals surface area contributed by atoms with Crippen LogP contribution in [0.3, 0.4) is 0 Å². The third-order valence-electron chi connectivity index (χ3n) is 7.50. The van der Waals surface area contributed by atoms with Gasteiger partial charge in [-0.1, -0.05) is 155 Å². The van der Waals surface area contributed by atoms with Crippen LogP contribution in [0.1, 0.15) is 168 Å². The summed E-state index contributed by atoms with van der Waals surface area (Å²) in [7, 11) is 0. The van der Waals surface area contributed by atoms with E-state index in [9.17, 15) is 0 Å². The van der Waals surface area contributed by atoms with E-state index in [1.807, 2.05) is 0 Å². The van der Waals surface area contributed by atoms with Crippen molar-refractivity contribution in [2.24, 2.45) is 0 Å². The Morgan fingerprint density at radius 1 is 0.395 bits per heavy atom. The highest BCUT2D eigenvalue weighted by molar-refractivity contribution is 14.1. The molecular formula is C34H60I2O2. The molecule has 1 aromatic carbocycles. The lowest BCUT2D eigenvalue weighted by Crippen LogP contribution is -2.02. The largest absolute Gasteiger partial charge is 0.492 e. The Labute approximate surface area is 264 Å². The van der Waals surface area contributed by atoms with Crippen molar-refractivity contribution in [1.82, 2.24) is 0 Å². The van der Waals surface area contributed by atoms with Crippen LogP contribution in [0.25, 0.3) is 0 Å². The van der Waals surface area contributed by atoms with Crippen LogP contribution >= 0.6 is 45.2 Å². The molecule has 0 aliphatic rings. The molecule has 0 radical (unpaired) electrons. The van der Waals surface area contributed by atoms with E-state index in [0.717, 1.165) is 44.7 Å². The third-order valence-corrected chi connectivity index (χ3v) is 9.18. The van der Waals surface area contributed by atoms with E-state index in [-0.39, 0.29) is 0 Å². The van der Waals surface area contributed by atoms with Crippen molar-refractivity contribution in [2.75, 3.05) is 13.2 Å². The molecule has 0 fully saturated rings. The summed E-state index contributed by atoms with van der Waals surface area (Å²) in [5.41, 5.74) is 0. The summed E-state index contributed by atoms with van der Waals surface area (Å²) in [5.74, 6) is 2.02. The fraction of sp³-hybridized carbons (Fsp3) is 0.824. The maximum absolute atomic E-state index is 6.12. The number of benzene rings is 1. The molecule has 0 saturated carbocycles. The first-order chi connectivity index (χ1) is 18.7. The minimum Gasteiger partial charge on any atom is -0.492 e. The molecule has 0 N–H and O–H groups in total. The van der Waals surface area contributed by atoms with Gasteiger partial charge in [0.05, 0.1) is 20.4 Å². The molecule has 1 rings (SSSR count). The fourth-order valence-electron chi connectivity index (χ4n) is 4.98. The lowest BCUT2D eigenvalue weighted by Gasteiger charge is -2.13. The molecule has 222 valence electrons. The molecule has 0 spiro atoms. The van der Waals surface area contributed by atoms with Crippen LogP contribution in [0.4, 0.5) is 0 Å². The standard InChI is InChI=1S/C34H60I2O2/c1-3-5-7-9-11-13-15-17-19-21-23-25-27-37-33-29-32(36)34(30-31(33)35)38-28-26-24-22-20-18-16-14-12-10-8-6-4-2/h29-30H,3-28H2,1-2H3. The number of halogens is 2. The molecule has 2 nitrogen and oxygen atoms in total. The lowest BCUT2D eigenvalue weighted by atomic mass is 10.1. The zero-order valence-electron chi connectivity index (χ0n) is 25.1. The summed E-state index contributed by atoms with van der Waals surface area (Å²) >= 11 is 4.78. The number of ether oxygens (including phenoxy) is 2. The van der Waals surface area contributed by atoms with E-state index in [1.54, 1.807) is 0 Å². The van der Waals surface area contributed by atoms with E-state index >= 15 is 0 Å². The third kappa shape index (κ3) is 21.1. The highest BCUT2D eigenvalue weighted by Crippen LogP contribution is 2.31. The van der Waals surface area contributed by atoms with Gasteiger partial charge >= 0.3 is 0 Å². The Balaban J connectivity index is 2.01. The molecule has 0 unspecified atom stereocenters. The molecule has 0 aliphatic heterocycles. The molecule has 0 aromatic heterocycles. The predicted molar refractivity (Wildman–Crippen MR) is 185 cm³/mol. The lowest BCUT2D eigenvalue weighted by molar-refractivity contribution is 0.293. The maximum atomic E-state index is 6.12. The van der Waals surface area contributed by atoms with E-state index in [0.29, 0.717) is 0 Å². The van der Waals surface area contributed by atoms with E-state index in [2.05, 4.69) is 71.2 Å². The van der Waals surface area contributed by atoms with Gasteiger partial charge in [0.1, 0.15) is 11.5 Å². The first-order valence-corrected chi connectivity index (χ1v) is 18.6. The summed E-state index contributed by atoms with van der Waals surface area (Å²) in [6.07, 6.45) is 33.0. The summed E-state index contributed by atoms with van der Waals surface area (Å²) in [6.45, 7) is 6.23. The van der Waals surface area contributed by atoms with Gasteiger partial charge in [-0.15, -0.1) is 0 Å². The summed E-state index contributed by atoms with van der Waals surface area (Å²) in [4.78, 5) is 0. The number of hydrogen-bond donors (Lipinski definition) is 0. The molecule has 1 aromatic rings. The van der Waals surface area contributed by atoms with Crippen molar-refractivity contribution in [2.45, 2.75) is 168 Å². The number of rotatable bonds is 28. The van der Waals surface area contributed by atoms with Crippen LogP contribution in [0.5, 0.6) is 11.5 Å². The molecule has 38 heavy (non-hydrogen) atoms. The van der Waals surface area contributed by atoms with Crippen molar-refractivity contribution in [1.29, 1.82) is 0 Å². The second kappa shape index (κ2) is 27.4. The first-order valence-electron chi connectivity index (χ1n) is 16.4. The molecule has 4 heteroatoms. The zero-order valence-corrected chi connectivity index (χ0v) is 29.4. The van der Waals surface area contributed by atoms with Crippen LogP contribution in [0.2, 0.25) is 0 Å². The molecule has 0 saturated heterocycles. The quantitative estimate of drug-likeness (QED) is 0.0627. The van der Waals surface area contributed by atoms with Crippen molar-refractivity contribution in [3.63, 3.8) is 0 Å². The second-order valence-corrected chi connectivity index (χ2v) is 13.5. The van der Waals surface area contributed by atoms with Crippen LogP contribution in [0.15, 0.2) is 12.1 Å². The topological polar surface area (TPSA) is 18.5 Å². The Morgan fingerprint density at radius 2 is 0.632 bits per heavy atom. The van der Waals surface area contributed by atoms with Gasteiger partial charge in [0.2, 0.25) is 0 Å². The van der Waals surface area contributed by atoms with Crippen LogP contribution < -0.4 is 9.47 Å². The average molecular weight is 755 g/mol. The SMILES string of the molecule is CCCCCCCCCCCCCCOc1cc(I)c(OCCCCCCCCCCCCCC)cc1I. The predicted octanol–water partition coefficient (Wildman–Crippen LogP) is 13.1. The van der Waals surface area contributed by atoms with E-state index in [4.69, 9.17) is 9.47 Å². The van der Waals surface area contributed by atoms with Crippen LogP contribution in [0, 0.1) is 7.14 Å². The molecule has 0 amide bonds. The first kappa shape index (κ1) is 36.3. The minimum absolute atomic E-state index is 0.822. The summed E-state index contributed by atoms with van der Waals surface area (Å²) in [5, 5.41) is 0. The maximum Gasteiger partial charge on any atom is 0.133 e. The second-order valence-electron chi connectivity index (χ2n) is 11.2. The molecule has 0 heterocycles. The van der Waals surface area contributed by atoms with Crippen molar-refractivity contribution in [3.05, 3.63) is 19.3 Å². The Bertz CT molecular complexity index is 594. The van der Waals surface area contributed by atoms with Crippen molar-refractivity contribution in [3.8, 4) is 11.5 Å².